The van der Waals surface area contributed by atoms with E-state index in [-0.39, 0.29) is 11.6 Å². The Bertz CT molecular complexity index is 651. The van der Waals surface area contributed by atoms with Crippen molar-refractivity contribution in [3.63, 3.8) is 0 Å². The Balaban J connectivity index is 2.06. The first-order chi connectivity index (χ1) is 8.25. The third-order valence-electron chi connectivity index (χ3n) is 3.50. The first-order valence-electron chi connectivity index (χ1n) is 5.60. The molecule has 0 fully saturated rings. The smallest absolute Gasteiger partial charge is 0.194 e. The van der Waals surface area contributed by atoms with Crippen LogP contribution in [0.4, 0.5) is 0 Å². The molecule has 17 heavy (non-hydrogen) atoms. The van der Waals surface area contributed by atoms with Crippen molar-refractivity contribution in [2.45, 2.75) is 6.42 Å². The van der Waals surface area contributed by atoms with Crippen molar-refractivity contribution in [1.29, 1.82) is 0 Å². The minimum Gasteiger partial charge on any atom is -0.289 e. The second-order valence-corrected chi connectivity index (χ2v) is 4.55. The van der Waals surface area contributed by atoms with Crippen molar-refractivity contribution < 1.29 is 9.59 Å². The van der Waals surface area contributed by atoms with Gasteiger partial charge in [-0.1, -0.05) is 24.3 Å². The van der Waals surface area contributed by atoms with Gasteiger partial charge in [-0.3, -0.25) is 9.59 Å². The van der Waals surface area contributed by atoms with E-state index in [9.17, 15) is 9.59 Å². The summed E-state index contributed by atoms with van der Waals surface area (Å²) < 4.78 is 0. The van der Waals surface area contributed by atoms with Crippen LogP contribution in [0.15, 0.2) is 36.4 Å². The molecule has 0 N–H and O–H groups in total. The third-order valence-corrected chi connectivity index (χ3v) is 3.50. The molecule has 2 aliphatic rings. The predicted octanol–water partition coefficient (Wildman–Crippen LogP) is 2.37. The van der Waals surface area contributed by atoms with E-state index in [4.69, 9.17) is 0 Å². The Kier molecular flexibility index (Phi) is 1.42. The third kappa shape index (κ3) is 1.04. The van der Waals surface area contributed by atoms with Gasteiger partial charge in [0.05, 0.1) is 0 Å². The summed E-state index contributed by atoms with van der Waals surface area (Å²) in [7, 11) is 0. The monoisotopic (exact) mass is 220 g/mol. The topological polar surface area (TPSA) is 34.1 Å². The lowest BCUT2D eigenvalue weighted by Gasteiger charge is -2.16. The molecule has 4 rings (SSSR count). The molecule has 2 aromatic carbocycles. The van der Waals surface area contributed by atoms with Crippen molar-refractivity contribution in [2.75, 3.05) is 0 Å². The van der Waals surface area contributed by atoms with E-state index < -0.39 is 0 Å². The fourth-order valence-electron chi connectivity index (χ4n) is 2.50. The van der Waals surface area contributed by atoms with Crippen LogP contribution in [0.1, 0.15) is 43.0 Å². The zero-order chi connectivity index (χ0) is 11.6. The van der Waals surface area contributed by atoms with Crippen LogP contribution in [-0.2, 0) is 6.42 Å². The molecule has 0 aromatic heterocycles. The van der Waals surface area contributed by atoms with Crippen LogP contribution in [0, 0.1) is 0 Å². The average Bonchev–Trinajstić information content (AvgIpc) is 3.12. The van der Waals surface area contributed by atoms with Gasteiger partial charge in [0.1, 0.15) is 0 Å². The second kappa shape index (κ2) is 2.72. The quantitative estimate of drug-likeness (QED) is 0.456. The van der Waals surface area contributed by atoms with E-state index in [1.54, 1.807) is 24.3 Å². The maximum Gasteiger partial charge on any atom is 0.194 e. The minimum atomic E-state index is -0.0232. The molecule has 0 spiro atoms. The van der Waals surface area contributed by atoms with Crippen molar-refractivity contribution in [3.8, 4) is 0 Å². The standard InChI is InChI=1S/C15H8O2/c16-14-10-3-1-2-4-11(10)15(17)13-7-9-5-8(9)6-12(13)14/h1-4,6-7H,5H2. The van der Waals surface area contributed by atoms with E-state index in [2.05, 4.69) is 0 Å². The number of hydrogen-bond donors (Lipinski definition) is 0. The second-order valence-electron chi connectivity index (χ2n) is 4.55. The zero-order valence-corrected chi connectivity index (χ0v) is 8.99. The van der Waals surface area contributed by atoms with Crippen molar-refractivity contribution in [3.05, 3.63) is 69.8 Å². The van der Waals surface area contributed by atoms with E-state index >= 15 is 0 Å². The molecule has 2 aliphatic carbocycles. The molecule has 80 valence electrons. The fourth-order valence-corrected chi connectivity index (χ4v) is 2.50. The highest BCUT2D eigenvalue weighted by Crippen LogP contribution is 2.35. The number of benzene rings is 2. The van der Waals surface area contributed by atoms with Gasteiger partial charge in [0, 0.05) is 22.3 Å². The van der Waals surface area contributed by atoms with Gasteiger partial charge in [-0.25, -0.2) is 0 Å². The maximum atomic E-state index is 12.3. The molecular formula is C15H8O2. The van der Waals surface area contributed by atoms with Crippen LogP contribution < -0.4 is 0 Å². The molecule has 0 saturated heterocycles. The van der Waals surface area contributed by atoms with Gasteiger partial charge >= 0.3 is 0 Å². The summed E-state index contributed by atoms with van der Waals surface area (Å²) >= 11 is 0. The molecule has 0 bridgehead atoms. The van der Waals surface area contributed by atoms with E-state index in [1.807, 2.05) is 12.1 Å². The van der Waals surface area contributed by atoms with Crippen LogP contribution in [0.25, 0.3) is 0 Å². The van der Waals surface area contributed by atoms with Gasteiger partial charge in [0.25, 0.3) is 0 Å². The van der Waals surface area contributed by atoms with Crippen LogP contribution in [-0.4, -0.2) is 11.6 Å². The summed E-state index contributed by atoms with van der Waals surface area (Å²) in [6.07, 6.45) is 0.921. The Morgan fingerprint density at radius 1 is 0.706 bits per heavy atom. The van der Waals surface area contributed by atoms with E-state index in [0.717, 1.165) is 6.42 Å². The summed E-state index contributed by atoms with van der Waals surface area (Å²) in [4.78, 5) is 24.6. The van der Waals surface area contributed by atoms with Gasteiger partial charge in [-0.2, -0.15) is 0 Å². The number of rotatable bonds is 0. The molecule has 0 saturated carbocycles. The average molecular weight is 220 g/mol. The highest BCUT2D eigenvalue weighted by atomic mass is 16.1. The Morgan fingerprint density at radius 2 is 1.18 bits per heavy atom. The number of ketones is 2. The first-order valence-corrected chi connectivity index (χ1v) is 5.60. The van der Waals surface area contributed by atoms with Gasteiger partial charge in [-0.15, -0.1) is 0 Å². The summed E-state index contributed by atoms with van der Waals surface area (Å²) in [5, 5.41) is 0. The lowest BCUT2D eigenvalue weighted by molar-refractivity contribution is 0.0979. The molecule has 0 atom stereocenters. The summed E-state index contributed by atoms with van der Waals surface area (Å²) in [5.74, 6) is -0.0465. The SMILES string of the molecule is O=C1c2ccccc2C(=O)c2cc3c(cc21)C3. The fraction of sp³-hybridized carbons (Fsp3) is 0.0667. The molecule has 2 aromatic rings. The van der Waals surface area contributed by atoms with E-state index in [0.29, 0.717) is 22.3 Å². The van der Waals surface area contributed by atoms with Gasteiger partial charge in [0.2, 0.25) is 0 Å². The van der Waals surface area contributed by atoms with Crippen molar-refractivity contribution >= 4 is 11.6 Å². The van der Waals surface area contributed by atoms with Gasteiger partial charge in [-0.05, 0) is 29.7 Å². The molecule has 0 unspecified atom stereocenters. The Morgan fingerprint density at radius 3 is 1.65 bits per heavy atom. The summed E-state index contributed by atoms with van der Waals surface area (Å²) in [6, 6.07) is 10.8. The molecule has 0 heterocycles. The van der Waals surface area contributed by atoms with Crippen LogP contribution >= 0.6 is 0 Å². The van der Waals surface area contributed by atoms with Crippen molar-refractivity contribution in [1.82, 2.24) is 0 Å². The zero-order valence-electron chi connectivity index (χ0n) is 8.99. The number of hydrogen-bond acceptors (Lipinski definition) is 2. The van der Waals surface area contributed by atoms with Crippen LogP contribution in [0.5, 0.6) is 0 Å². The molecule has 2 heteroatoms. The van der Waals surface area contributed by atoms with Crippen LogP contribution in [0.3, 0.4) is 0 Å². The lowest BCUT2D eigenvalue weighted by atomic mass is 9.84. The highest BCUT2D eigenvalue weighted by Gasteiger charge is 2.32. The first kappa shape index (κ1) is 8.88. The highest BCUT2D eigenvalue weighted by molar-refractivity contribution is 6.28. The largest absolute Gasteiger partial charge is 0.289 e. The van der Waals surface area contributed by atoms with E-state index in [1.165, 1.54) is 11.1 Å². The number of carbonyl (C=O) groups is 2. The Hall–Kier alpha value is -2.22. The molecular weight excluding hydrogens is 212 g/mol. The summed E-state index contributed by atoms with van der Waals surface area (Å²) in [6.45, 7) is 0. The lowest BCUT2D eigenvalue weighted by Crippen LogP contribution is -2.20. The van der Waals surface area contributed by atoms with Crippen molar-refractivity contribution in [2.24, 2.45) is 0 Å². The maximum absolute atomic E-state index is 12.3. The minimum absolute atomic E-state index is 0.0232. The Labute approximate surface area is 97.9 Å². The normalized spacial score (nSPS) is 15.1. The number of fused-ring (bicyclic) bond motifs is 3. The molecule has 0 radical (unpaired) electrons. The summed E-state index contributed by atoms with van der Waals surface area (Å²) in [5.41, 5.74) is 4.61. The van der Waals surface area contributed by atoms with Crippen LogP contribution in [0.2, 0.25) is 0 Å². The van der Waals surface area contributed by atoms with Gasteiger partial charge < -0.3 is 0 Å². The number of carbonyl (C=O) groups excluding carboxylic acids is 2. The molecule has 0 amide bonds. The predicted molar refractivity (Wildman–Crippen MR) is 62.6 cm³/mol. The molecule has 2 nitrogen and oxygen atoms in total. The van der Waals surface area contributed by atoms with Gasteiger partial charge in [0.15, 0.2) is 11.6 Å². The molecule has 0 aliphatic heterocycles.